The molecule has 0 radical (unpaired) electrons. The summed E-state index contributed by atoms with van der Waals surface area (Å²) in [4.78, 5) is 26.3. The van der Waals surface area contributed by atoms with Crippen molar-refractivity contribution in [2.45, 2.75) is 45.3 Å². The van der Waals surface area contributed by atoms with Crippen molar-refractivity contribution in [3.8, 4) is 17.2 Å². The second kappa shape index (κ2) is 9.03. The minimum Gasteiger partial charge on any atom is -0.493 e. The highest BCUT2D eigenvalue weighted by molar-refractivity contribution is 5.91. The Hall–Kier alpha value is -2.64. The third-order valence-corrected chi connectivity index (χ3v) is 4.27. The third-order valence-electron chi connectivity index (χ3n) is 4.27. The van der Waals surface area contributed by atoms with Gasteiger partial charge in [-0.2, -0.15) is 0 Å². The van der Waals surface area contributed by atoms with Crippen LogP contribution in [0.1, 0.15) is 44.0 Å². The number of ether oxygens (including phenoxy) is 5. The maximum absolute atomic E-state index is 12.6. The highest BCUT2D eigenvalue weighted by atomic mass is 16.6. The normalized spacial score (nSPS) is 15.0. The van der Waals surface area contributed by atoms with Crippen LogP contribution in [-0.4, -0.2) is 63.1 Å². The van der Waals surface area contributed by atoms with Gasteiger partial charge < -0.3 is 28.6 Å². The summed E-state index contributed by atoms with van der Waals surface area (Å²) in [6, 6.07) is 3.11. The van der Waals surface area contributed by atoms with Crippen molar-refractivity contribution in [3.63, 3.8) is 0 Å². The van der Waals surface area contributed by atoms with Gasteiger partial charge >= 0.3 is 12.1 Å². The lowest BCUT2D eigenvalue weighted by atomic mass is 10.1. The molecule has 1 aliphatic rings. The Labute approximate surface area is 165 Å². The number of rotatable bonds is 5. The van der Waals surface area contributed by atoms with Crippen LogP contribution in [0, 0.1) is 0 Å². The molecule has 1 heterocycles. The molecule has 0 N–H and O–H groups in total. The Bertz CT molecular complexity index is 678. The van der Waals surface area contributed by atoms with E-state index in [9.17, 15) is 9.59 Å². The second-order valence-electron chi connectivity index (χ2n) is 7.49. The van der Waals surface area contributed by atoms with Crippen molar-refractivity contribution in [1.82, 2.24) is 4.90 Å². The van der Waals surface area contributed by atoms with E-state index >= 15 is 0 Å². The van der Waals surface area contributed by atoms with Gasteiger partial charge in [0.2, 0.25) is 5.75 Å². The number of nitrogens with zero attached hydrogens (tertiary/aromatic N) is 1. The summed E-state index contributed by atoms with van der Waals surface area (Å²) in [6.45, 7) is 6.44. The van der Waals surface area contributed by atoms with E-state index in [1.54, 1.807) is 17.0 Å². The lowest BCUT2D eigenvalue weighted by molar-refractivity contribution is -0.00344. The number of benzene rings is 1. The van der Waals surface area contributed by atoms with Crippen LogP contribution in [0.3, 0.4) is 0 Å². The molecule has 1 aromatic rings. The van der Waals surface area contributed by atoms with E-state index in [2.05, 4.69) is 0 Å². The molecule has 0 bridgehead atoms. The van der Waals surface area contributed by atoms with Crippen molar-refractivity contribution < 1.29 is 33.3 Å². The molecule has 1 amide bonds. The average Bonchev–Trinajstić information content (AvgIpc) is 2.65. The van der Waals surface area contributed by atoms with Gasteiger partial charge in [0.05, 0.1) is 26.9 Å². The fourth-order valence-electron chi connectivity index (χ4n) is 2.90. The second-order valence-corrected chi connectivity index (χ2v) is 7.49. The van der Waals surface area contributed by atoms with Crippen LogP contribution < -0.4 is 14.2 Å². The number of amides is 1. The predicted octanol–water partition coefficient (Wildman–Crippen LogP) is 3.27. The van der Waals surface area contributed by atoms with Gasteiger partial charge in [-0.25, -0.2) is 9.59 Å². The van der Waals surface area contributed by atoms with Crippen molar-refractivity contribution in [1.29, 1.82) is 0 Å². The third kappa shape index (κ3) is 5.43. The summed E-state index contributed by atoms with van der Waals surface area (Å²) in [5, 5.41) is 0. The number of piperidine rings is 1. The van der Waals surface area contributed by atoms with Gasteiger partial charge in [-0.1, -0.05) is 0 Å². The predicted molar refractivity (Wildman–Crippen MR) is 102 cm³/mol. The Morgan fingerprint density at radius 1 is 0.964 bits per heavy atom. The minimum absolute atomic E-state index is 0.273. The number of hydrogen-bond donors (Lipinski definition) is 0. The van der Waals surface area contributed by atoms with Gasteiger partial charge in [-0.05, 0) is 32.9 Å². The molecule has 0 unspecified atom stereocenters. The Kier molecular flexibility index (Phi) is 6.99. The molecule has 0 atom stereocenters. The van der Waals surface area contributed by atoms with Crippen LogP contribution in [0.15, 0.2) is 12.1 Å². The summed E-state index contributed by atoms with van der Waals surface area (Å²) in [6.07, 6.45) is 0.484. The zero-order valence-corrected chi connectivity index (χ0v) is 17.4. The van der Waals surface area contributed by atoms with E-state index in [-0.39, 0.29) is 12.2 Å². The topological polar surface area (TPSA) is 83.5 Å². The zero-order valence-electron chi connectivity index (χ0n) is 17.4. The zero-order chi connectivity index (χ0) is 20.9. The lowest BCUT2D eigenvalue weighted by Gasteiger charge is -2.33. The molecule has 0 spiro atoms. The lowest BCUT2D eigenvalue weighted by Crippen LogP contribution is -2.43. The first-order valence-corrected chi connectivity index (χ1v) is 9.17. The number of likely N-dealkylation sites (tertiary alicyclic amines) is 1. The van der Waals surface area contributed by atoms with Gasteiger partial charge in [0.1, 0.15) is 11.7 Å². The average molecular weight is 395 g/mol. The molecule has 1 aliphatic heterocycles. The molecule has 0 aromatic heterocycles. The standard InChI is InChI=1S/C20H29NO7/c1-20(2,3)28-19(23)21-9-7-14(8-10-21)27-18(22)13-11-15(24-4)17(26-6)16(12-13)25-5/h11-12,14H,7-10H2,1-6H3. The van der Waals surface area contributed by atoms with E-state index in [0.29, 0.717) is 48.7 Å². The van der Waals surface area contributed by atoms with E-state index in [4.69, 9.17) is 23.7 Å². The SMILES string of the molecule is COc1cc(C(=O)OC2CCN(C(=O)OC(C)(C)C)CC2)cc(OC)c1OC. The van der Waals surface area contributed by atoms with E-state index in [1.165, 1.54) is 21.3 Å². The number of carbonyl (C=O) groups is 2. The Morgan fingerprint density at radius 3 is 1.93 bits per heavy atom. The molecule has 8 nitrogen and oxygen atoms in total. The van der Waals surface area contributed by atoms with E-state index in [0.717, 1.165) is 0 Å². The van der Waals surface area contributed by atoms with Crippen LogP contribution in [0.2, 0.25) is 0 Å². The van der Waals surface area contributed by atoms with Crippen LogP contribution in [0.25, 0.3) is 0 Å². The van der Waals surface area contributed by atoms with Crippen molar-refractivity contribution in [3.05, 3.63) is 17.7 Å². The summed E-state index contributed by atoms with van der Waals surface area (Å²) >= 11 is 0. The number of hydrogen-bond acceptors (Lipinski definition) is 7. The van der Waals surface area contributed by atoms with Crippen LogP contribution >= 0.6 is 0 Å². The summed E-state index contributed by atoms with van der Waals surface area (Å²) in [5.74, 6) is 0.698. The largest absolute Gasteiger partial charge is 0.493 e. The molecular weight excluding hydrogens is 366 g/mol. The smallest absolute Gasteiger partial charge is 0.410 e. The van der Waals surface area contributed by atoms with Crippen LogP contribution in [0.4, 0.5) is 4.79 Å². The van der Waals surface area contributed by atoms with Gasteiger partial charge in [0.25, 0.3) is 0 Å². The highest BCUT2D eigenvalue weighted by Crippen LogP contribution is 2.38. The number of esters is 1. The van der Waals surface area contributed by atoms with E-state index in [1.807, 2.05) is 20.8 Å². The summed E-state index contributed by atoms with van der Waals surface area (Å²) in [7, 11) is 4.47. The first-order valence-electron chi connectivity index (χ1n) is 9.17. The van der Waals surface area contributed by atoms with Crippen LogP contribution in [0.5, 0.6) is 17.2 Å². The van der Waals surface area contributed by atoms with Gasteiger partial charge in [-0.15, -0.1) is 0 Å². The molecule has 28 heavy (non-hydrogen) atoms. The fourth-order valence-corrected chi connectivity index (χ4v) is 2.90. The maximum Gasteiger partial charge on any atom is 0.410 e. The van der Waals surface area contributed by atoms with Crippen molar-refractivity contribution in [2.24, 2.45) is 0 Å². The monoisotopic (exact) mass is 395 g/mol. The maximum atomic E-state index is 12.6. The molecule has 8 heteroatoms. The number of methoxy groups -OCH3 is 3. The quantitative estimate of drug-likeness (QED) is 0.708. The summed E-state index contributed by atoms with van der Waals surface area (Å²) in [5.41, 5.74) is -0.226. The molecule has 1 fully saturated rings. The minimum atomic E-state index is -0.535. The van der Waals surface area contributed by atoms with Gasteiger partial charge in [0, 0.05) is 25.9 Å². The Morgan fingerprint density at radius 2 is 1.50 bits per heavy atom. The molecule has 1 saturated heterocycles. The summed E-state index contributed by atoms with van der Waals surface area (Å²) < 4.78 is 26.8. The first kappa shape index (κ1) is 21.7. The van der Waals surface area contributed by atoms with Crippen molar-refractivity contribution in [2.75, 3.05) is 34.4 Å². The molecule has 0 aliphatic carbocycles. The van der Waals surface area contributed by atoms with E-state index < -0.39 is 11.6 Å². The van der Waals surface area contributed by atoms with Gasteiger partial charge in [-0.3, -0.25) is 0 Å². The number of carbonyl (C=O) groups excluding carboxylic acids is 2. The fraction of sp³-hybridized carbons (Fsp3) is 0.600. The van der Waals surface area contributed by atoms with Crippen LogP contribution in [-0.2, 0) is 9.47 Å². The molecular formula is C20H29NO7. The molecule has 0 saturated carbocycles. The molecule has 156 valence electrons. The molecule has 2 rings (SSSR count). The molecule has 1 aromatic carbocycles. The Balaban J connectivity index is 1.98. The van der Waals surface area contributed by atoms with Crippen molar-refractivity contribution >= 4 is 12.1 Å². The highest BCUT2D eigenvalue weighted by Gasteiger charge is 2.29. The van der Waals surface area contributed by atoms with Gasteiger partial charge in [0.15, 0.2) is 11.5 Å². The first-order chi connectivity index (χ1) is 13.2.